The first-order chi connectivity index (χ1) is 22.2. The minimum Gasteiger partial charge on any atom is -0.467 e. The van der Waals surface area contributed by atoms with Gasteiger partial charge in [-0.3, -0.25) is 4.79 Å². The highest BCUT2D eigenvalue weighted by Gasteiger charge is 2.44. The van der Waals surface area contributed by atoms with Gasteiger partial charge in [-0.2, -0.15) is 25.4 Å². The molecule has 3 atom stereocenters. The lowest BCUT2D eigenvalue weighted by Gasteiger charge is -2.26. The fourth-order valence-corrected chi connectivity index (χ4v) is 8.43. The molecule has 3 aromatic rings. The number of ether oxygens (including phenoxy) is 1. The van der Waals surface area contributed by atoms with Gasteiger partial charge in [0.05, 0.1) is 12.0 Å². The van der Waals surface area contributed by atoms with E-state index in [1.165, 1.54) is 43.5 Å². The number of nitrogens with zero attached hydrogens (tertiary/aromatic N) is 1. The molecule has 1 heterocycles. The third-order valence-corrected chi connectivity index (χ3v) is 11.8. The van der Waals surface area contributed by atoms with Gasteiger partial charge >= 0.3 is 16.1 Å². The van der Waals surface area contributed by atoms with Crippen molar-refractivity contribution < 1.29 is 35.3 Å². The summed E-state index contributed by atoms with van der Waals surface area (Å²) < 4.78 is 64.5. The maximum absolute atomic E-state index is 13.7. The average Bonchev–Trinajstić information content (AvgIpc) is 3.43. The van der Waals surface area contributed by atoms with Crippen LogP contribution in [0.5, 0.6) is 5.75 Å². The number of rotatable bonds is 10. The van der Waals surface area contributed by atoms with E-state index in [0.717, 1.165) is 15.4 Å². The number of esters is 1. The van der Waals surface area contributed by atoms with Gasteiger partial charge in [0.1, 0.15) is 22.7 Å². The number of carbonyl (C=O) groups is 2. The third-order valence-electron chi connectivity index (χ3n) is 8.24. The summed E-state index contributed by atoms with van der Waals surface area (Å²) in [7, 11) is -6.96. The van der Waals surface area contributed by atoms with E-state index in [4.69, 9.17) is 8.92 Å². The number of amides is 1. The second-order valence-corrected chi connectivity index (χ2v) is 18.2. The van der Waals surface area contributed by atoms with Gasteiger partial charge in [0, 0.05) is 18.2 Å². The molecule has 13 heteroatoms. The predicted octanol–water partition coefficient (Wildman–Crippen LogP) is 5.01. The second-order valence-electron chi connectivity index (χ2n) is 14.0. The molecular formula is C35H44N2O8S3. The van der Waals surface area contributed by atoms with Crippen LogP contribution in [0.4, 0.5) is 0 Å². The predicted molar refractivity (Wildman–Crippen MR) is 187 cm³/mol. The van der Waals surface area contributed by atoms with E-state index in [1.54, 1.807) is 36.4 Å². The van der Waals surface area contributed by atoms with Crippen molar-refractivity contribution in [3.8, 4) is 5.75 Å². The van der Waals surface area contributed by atoms with Gasteiger partial charge < -0.3 is 14.2 Å². The minimum atomic E-state index is -4.10. The maximum Gasteiger partial charge on any atom is 0.339 e. The highest BCUT2D eigenvalue weighted by atomic mass is 32.2. The van der Waals surface area contributed by atoms with Crippen LogP contribution in [0.1, 0.15) is 64.7 Å². The molecule has 260 valence electrons. The summed E-state index contributed by atoms with van der Waals surface area (Å²) in [6.07, 6.45) is 0.152. The number of hydrogen-bond acceptors (Lipinski definition) is 9. The van der Waals surface area contributed by atoms with Crippen molar-refractivity contribution in [3.63, 3.8) is 0 Å². The lowest BCUT2D eigenvalue weighted by atomic mass is 9.87. The number of sulfonamides is 1. The number of thiol groups is 1. The first-order valence-corrected chi connectivity index (χ1v) is 18.9. The summed E-state index contributed by atoms with van der Waals surface area (Å²) in [5.74, 6) is -1.31. The van der Waals surface area contributed by atoms with Crippen LogP contribution in [-0.4, -0.2) is 64.0 Å². The number of hydrogen-bond donors (Lipinski definition) is 2. The SMILES string of the molecule is COC(=O)C(Cc1ccc(OS(=O)(=O)c2ccc(C(C)(C)C)cc2)cc1)NC(=O)[C@@H]1C[C@H](S)CN1S(=O)(=O)c1ccc(C(C)(C)C)cc1. The van der Waals surface area contributed by atoms with Gasteiger partial charge in [0.25, 0.3) is 0 Å². The number of benzene rings is 3. The Morgan fingerprint density at radius 1 is 0.833 bits per heavy atom. The fourth-order valence-electron chi connectivity index (χ4n) is 5.37. The Kier molecular flexibility index (Phi) is 11.1. The first-order valence-electron chi connectivity index (χ1n) is 15.5. The average molecular weight is 717 g/mol. The van der Waals surface area contributed by atoms with Gasteiger partial charge in [0.15, 0.2) is 0 Å². The second kappa shape index (κ2) is 14.2. The van der Waals surface area contributed by atoms with Crippen LogP contribution in [0.25, 0.3) is 0 Å². The molecule has 10 nitrogen and oxygen atoms in total. The standard InChI is InChI=1S/C35H44N2O8S3/c1-34(2,3)24-10-16-28(17-11-24)47(40,41)37-22-27(46)21-31(37)32(38)36-30(33(39)44-7)20-23-8-14-26(15-9-23)45-48(42,43)29-18-12-25(13-19-29)35(4,5)6/h8-19,27,30-31,46H,20-22H2,1-7H3,(H,36,38)/t27-,30?,31-/m0/s1. The van der Waals surface area contributed by atoms with Crippen molar-refractivity contribution in [2.24, 2.45) is 0 Å². The molecule has 48 heavy (non-hydrogen) atoms. The molecule has 0 aromatic heterocycles. The van der Waals surface area contributed by atoms with E-state index in [1.807, 2.05) is 41.5 Å². The largest absolute Gasteiger partial charge is 0.467 e. The fraction of sp³-hybridized carbons (Fsp3) is 0.429. The van der Waals surface area contributed by atoms with Crippen molar-refractivity contribution in [1.82, 2.24) is 9.62 Å². The molecule has 0 spiro atoms. The summed E-state index contributed by atoms with van der Waals surface area (Å²) >= 11 is 4.48. The lowest BCUT2D eigenvalue weighted by molar-refractivity contribution is -0.145. The normalized spacial score (nSPS) is 18.2. The monoisotopic (exact) mass is 716 g/mol. The summed E-state index contributed by atoms with van der Waals surface area (Å²) in [6, 6.07) is 16.9. The van der Waals surface area contributed by atoms with Gasteiger partial charge in [-0.25, -0.2) is 13.2 Å². The molecular weight excluding hydrogens is 673 g/mol. The molecule has 1 amide bonds. The topological polar surface area (TPSA) is 136 Å². The smallest absolute Gasteiger partial charge is 0.339 e. The van der Waals surface area contributed by atoms with Gasteiger partial charge in [-0.1, -0.05) is 77.9 Å². The molecule has 1 fully saturated rings. The zero-order valence-electron chi connectivity index (χ0n) is 28.3. The van der Waals surface area contributed by atoms with Gasteiger partial charge in [0.2, 0.25) is 15.9 Å². The molecule has 1 N–H and O–H groups in total. The summed E-state index contributed by atoms with van der Waals surface area (Å²) in [5, 5.41) is 2.28. The molecule has 4 rings (SSSR count). The van der Waals surface area contributed by atoms with Gasteiger partial charge in [-0.05, 0) is 70.3 Å². The van der Waals surface area contributed by atoms with E-state index in [-0.39, 0.29) is 51.0 Å². The molecule has 1 aliphatic heterocycles. The van der Waals surface area contributed by atoms with Crippen molar-refractivity contribution in [2.45, 2.75) is 92.3 Å². The molecule has 0 saturated carbocycles. The quantitative estimate of drug-likeness (QED) is 0.170. The number of methoxy groups -OCH3 is 1. The van der Waals surface area contributed by atoms with Crippen molar-refractivity contribution >= 4 is 44.6 Å². The Balaban J connectivity index is 1.47. The highest BCUT2D eigenvalue weighted by Crippen LogP contribution is 2.31. The Labute approximate surface area is 289 Å². The van der Waals surface area contributed by atoms with Crippen LogP contribution in [0.2, 0.25) is 0 Å². The number of carbonyl (C=O) groups excluding carboxylic acids is 2. The van der Waals surface area contributed by atoms with Crippen molar-refractivity contribution in [3.05, 3.63) is 89.5 Å². The Morgan fingerprint density at radius 3 is 1.81 bits per heavy atom. The first kappa shape index (κ1) is 37.4. The van der Waals surface area contributed by atoms with E-state index >= 15 is 0 Å². The van der Waals surface area contributed by atoms with Crippen LogP contribution in [-0.2, 0) is 51.7 Å². The van der Waals surface area contributed by atoms with Crippen LogP contribution < -0.4 is 9.50 Å². The molecule has 0 aliphatic carbocycles. The summed E-state index contributed by atoms with van der Waals surface area (Å²) in [4.78, 5) is 26.4. The van der Waals surface area contributed by atoms with Crippen LogP contribution >= 0.6 is 12.6 Å². The van der Waals surface area contributed by atoms with Crippen LogP contribution in [0, 0.1) is 0 Å². The molecule has 1 saturated heterocycles. The zero-order valence-corrected chi connectivity index (χ0v) is 30.8. The van der Waals surface area contributed by atoms with E-state index in [9.17, 15) is 26.4 Å². The van der Waals surface area contributed by atoms with Crippen molar-refractivity contribution in [2.75, 3.05) is 13.7 Å². The molecule has 0 radical (unpaired) electrons. The third kappa shape index (κ3) is 8.79. The molecule has 1 unspecified atom stereocenters. The van der Waals surface area contributed by atoms with E-state index in [0.29, 0.717) is 5.56 Å². The Morgan fingerprint density at radius 2 is 1.33 bits per heavy atom. The highest BCUT2D eigenvalue weighted by molar-refractivity contribution is 7.89. The van der Waals surface area contributed by atoms with Crippen LogP contribution in [0.15, 0.2) is 82.6 Å². The van der Waals surface area contributed by atoms with E-state index < -0.39 is 44.1 Å². The lowest BCUT2D eigenvalue weighted by Crippen LogP contribution is -2.51. The summed E-state index contributed by atoms with van der Waals surface area (Å²) in [5.41, 5.74) is 2.23. The Hall–Kier alpha value is -3.39. The summed E-state index contributed by atoms with van der Waals surface area (Å²) in [6.45, 7) is 12.2. The molecule has 1 aliphatic rings. The molecule has 0 bridgehead atoms. The maximum atomic E-state index is 13.7. The Bertz CT molecular complexity index is 1830. The number of nitrogens with one attached hydrogen (secondary N) is 1. The van der Waals surface area contributed by atoms with E-state index in [2.05, 4.69) is 17.9 Å². The van der Waals surface area contributed by atoms with Crippen LogP contribution in [0.3, 0.4) is 0 Å². The minimum absolute atomic E-state index is 0.00223. The van der Waals surface area contributed by atoms with Gasteiger partial charge in [-0.15, -0.1) is 0 Å². The molecule has 3 aromatic carbocycles. The zero-order chi connectivity index (χ0) is 35.7. The van der Waals surface area contributed by atoms with Crippen molar-refractivity contribution in [1.29, 1.82) is 0 Å².